The second-order valence-corrected chi connectivity index (χ2v) is 12.1. The summed E-state index contributed by atoms with van der Waals surface area (Å²) in [6, 6.07) is 31.3. The third-order valence-corrected chi connectivity index (χ3v) is 9.51. The van der Waals surface area contributed by atoms with Gasteiger partial charge in [-0.1, -0.05) is 79.2 Å². The summed E-state index contributed by atoms with van der Waals surface area (Å²) in [5.41, 5.74) is 6.76. The average molecular weight is 588 g/mol. The molecule has 1 fully saturated rings. The Kier molecular flexibility index (Phi) is 7.64. The first-order chi connectivity index (χ1) is 21.5. The third kappa shape index (κ3) is 5.05. The summed E-state index contributed by atoms with van der Waals surface area (Å²) in [7, 11) is 2.10. The number of nitrogens with one attached hydrogen (secondary N) is 1. The highest BCUT2D eigenvalue weighted by molar-refractivity contribution is 6.00. The van der Waals surface area contributed by atoms with E-state index in [1.54, 1.807) is 12.1 Å². The first-order valence-electron chi connectivity index (χ1n) is 15.7. The van der Waals surface area contributed by atoms with Crippen molar-refractivity contribution in [3.63, 3.8) is 0 Å². The zero-order chi connectivity index (χ0) is 30.1. The van der Waals surface area contributed by atoms with Crippen LogP contribution in [0.5, 0.6) is 0 Å². The van der Waals surface area contributed by atoms with Crippen LogP contribution in [-0.4, -0.2) is 53.1 Å². The number of fused-ring (bicyclic) bond motifs is 4. The molecular weight excluding hydrogens is 549 g/mol. The summed E-state index contributed by atoms with van der Waals surface area (Å²) in [6.45, 7) is 5.27. The number of halogens is 1. The van der Waals surface area contributed by atoms with Gasteiger partial charge < -0.3 is 14.8 Å². The van der Waals surface area contributed by atoms with E-state index in [9.17, 15) is 9.18 Å². The molecule has 4 aromatic carbocycles. The second-order valence-electron chi connectivity index (χ2n) is 12.1. The Morgan fingerprint density at radius 1 is 0.818 bits per heavy atom. The zero-order valence-electron chi connectivity index (χ0n) is 25.2. The number of piperazine rings is 1. The van der Waals surface area contributed by atoms with Crippen LogP contribution in [0.4, 0.5) is 10.3 Å². The van der Waals surface area contributed by atoms with E-state index in [1.165, 1.54) is 12.1 Å². The van der Waals surface area contributed by atoms with Crippen molar-refractivity contribution in [3.8, 4) is 11.1 Å². The third-order valence-electron chi connectivity index (χ3n) is 9.51. The van der Waals surface area contributed by atoms with Gasteiger partial charge in [0.1, 0.15) is 11.2 Å². The molecule has 0 saturated carbocycles. The Bertz CT molecular complexity index is 1740. The van der Waals surface area contributed by atoms with E-state index < -0.39 is 5.41 Å². The van der Waals surface area contributed by atoms with Gasteiger partial charge in [-0.25, -0.2) is 9.37 Å². The predicted molar refractivity (Wildman–Crippen MR) is 174 cm³/mol. The van der Waals surface area contributed by atoms with E-state index in [0.717, 1.165) is 96.8 Å². The summed E-state index contributed by atoms with van der Waals surface area (Å²) < 4.78 is 15.7. The lowest BCUT2D eigenvalue weighted by atomic mass is 9.73. The van der Waals surface area contributed by atoms with Crippen molar-refractivity contribution in [2.24, 2.45) is 7.05 Å². The number of nitrogens with zero attached hydrogens (tertiary/aromatic N) is 4. The lowest BCUT2D eigenvalue weighted by Crippen LogP contribution is -2.47. The summed E-state index contributed by atoms with van der Waals surface area (Å²) in [6.07, 6.45) is 2.68. The van der Waals surface area contributed by atoms with E-state index >= 15 is 0 Å². The smallest absolute Gasteiger partial charge is 0.235 e. The van der Waals surface area contributed by atoms with E-state index in [2.05, 4.69) is 81.3 Å². The minimum atomic E-state index is -0.758. The zero-order valence-corrected chi connectivity index (χ0v) is 25.2. The molecule has 1 aromatic heterocycles. The molecule has 0 atom stereocenters. The minimum absolute atomic E-state index is 0.00953. The standard InChI is InChI=1S/C37H38FN5O/c1-41-34-15-7-6-14-33(34)40-36(41)43-24-22-42(23-25-43)21-9-8-20-37(35(44)39-26-27-16-18-28(38)19-17-27)31-12-4-2-10-29(31)30-11-3-5-13-32(30)37/h2-7,10-19H,8-9,20-26H2,1H3,(H,39,44). The molecule has 6 nitrogen and oxygen atoms in total. The van der Waals surface area contributed by atoms with Crippen molar-refractivity contribution in [1.82, 2.24) is 19.8 Å². The van der Waals surface area contributed by atoms with Gasteiger partial charge in [0.25, 0.3) is 0 Å². The number of unbranched alkanes of at least 4 members (excludes halogenated alkanes) is 1. The number of para-hydroxylation sites is 2. The van der Waals surface area contributed by atoms with E-state index in [-0.39, 0.29) is 11.7 Å². The molecular formula is C37H38FN5O. The minimum Gasteiger partial charge on any atom is -0.351 e. The van der Waals surface area contributed by atoms with Crippen LogP contribution in [0.2, 0.25) is 0 Å². The lowest BCUT2D eigenvalue weighted by Gasteiger charge is -2.35. The van der Waals surface area contributed by atoms with Gasteiger partial charge in [-0.05, 0) is 71.5 Å². The van der Waals surface area contributed by atoms with Crippen LogP contribution in [0.1, 0.15) is 36.0 Å². The van der Waals surface area contributed by atoms with Gasteiger partial charge in [-0.15, -0.1) is 0 Å². The van der Waals surface area contributed by atoms with Crippen LogP contribution in [-0.2, 0) is 23.8 Å². The predicted octanol–water partition coefficient (Wildman–Crippen LogP) is 6.29. The number of amides is 1. The van der Waals surface area contributed by atoms with Gasteiger partial charge in [-0.3, -0.25) is 9.69 Å². The molecule has 2 heterocycles. The number of carbonyl (C=O) groups excluding carboxylic acids is 1. The summed E-state index contributed by atoms with van der Waals surface area (Å²) >= 11 is 0. The summed E-state index contributed by atoms with van der Waals surface area (Å²) in [5.74, 6) is 0.773. The largest absolute Gasteiger partial charge is 0.351 e. The van der Waals surface area contributed by atoms with Crippen LogP contribution < -0.4 is 10.2 Å². The number of hydrogen-bond donors (Lipinski definition) is 1. The summed E-state index contributed by atoms with van der Waals surface area (Å²) in [4.78, 5) is 24.1. The van der Waals surface area contributed by atoms with Crippen molar-refractivity contribution in [1.29, 1.82) is 0 Å². The molecule has 0 spiro atoms. The van der Waals surface area contributed by atoms with Crippen molar-refractivity contribution in [2.75, 3.05) is 37.6 Å². The van der Waals surface area contributed by atoms with Gasteiger partial charge >= 0.3 is 0 Å². The van der Waals surface area contributed by atoms with Crippen LogP contribution in [0, 0.1) is 5.82 Å². The van der Waals surface area contributed by atoms with Gasteiger partial charge in [0.05, 0.1) is 11.0 Å². The first-order valence-corrected chi connectivity index (χ1v) is 15.7. The number of anilines is 1. The van der Waals surface area contributed by atoms with Gasteiger partial charge in [0.2, 0.25) is 11.9 Å². The Morgan fingerprint density at radius 3 is 2.14 bits per heavy atom. The van der Waals surface area contributed by atoms with Crippen LogP contribution in [0.15, 0.2) is 97.1 Å². The van der Waals surface area contributed by atoms with Gasteiger partial charge in [-0.2, -0.15) is 0 Å². The number of aryl methyl sites for hydroxylation is 1. The number of carbonyl (C=O) groups is 1. The SMILES string of the molecule is Cn1c(N2CCN(CCCCC3(C(=O)NCc4ccc(F)cc4)c4ccccc4-c4ccccc43)CC2)nc2ccccc21. The van der Waals surface area contributed by atoms with Crippen molar-refractivity contribution >= 4 is 22.9 Å². The highest BCUT2D eigenvalue weighted by atomic mass is 19.1. The molecule has 1 aliphatic carbocycles. The lowest BCUT2D eigenvalue weighted by molar-refractivity contribution is -0.125. The normalized spacial score (nSPS) is 15.7. The highest BCUT2D eigenvalue weighted by Crippen LogP contribution is 2.51. The molecule has 7 heteroatoms. The Hall–Kier alpha value is -4.49. The Balaban J connectivity index is 1.03. The molecule has 1 N–H and O–H groups in total. The fourth-order valence-corrected chi connectivity index (χ4v) is 7.20. The number of aromatic nitrogens is 2. The highest BCUT2D eigenvalue weighted by Gasteiger charge is 2.48. The van der Waals surface area contributed by atoms with Crippen molar-refractivity contribution in [3.05, 3.63) is 120 Å². The average Bonchev–Trinajstić information content (AvgIpc) is 3.56. The molecule has 7 rings (SSSR count). The van der Waals surface area contributed by atoms with E-state index in [4.69, 9.17) is 4.98 Å². The maximum Gasteiger partial charge on any atom is 0.235 e. The molecule has 2 aliphatic rings. The number of rotatable bonds is 9. The van der Waals surface area contributed by atoms with Crippen molar-refractivity contribution in [2.45, 2.75) is 31.2 Å². The maximum atomic E-state index is 14.3. The molecule has 1 saturated heterocycles. The second kappa shape index (κ2) is 11.9. The molecule has 5 aromatic rings. The van der Waals surface area contributed by atoms with Crippen LogP contribution in [0.3, 0.4) is 0 Å². The number of benzene rings is 4. The van der Waals surface area contributed by atoms with Crippen LogP contribution in [0.25, 0.3) is 22.2 Å². The van der Waals surface area contributed by atoms with Gasteiger partial charge in [0.15, 0.2) is 0 Å². The molecule has 1 amide bonds. The monoisotopic (exact) mass is 587 g/mol. The number of imidazole rings is 1. The molecule has 224 valence electrons. The maximum absolute atomic E-state index is 14.3. The topological polar surface area (TPSA) is 53.4 Å². The Labute approximate surface area is 258 Å². The molecule has 0 unspecified atom stereocenters. The molecule has 44 heavy (non-hydrogen) atoms. The van der Waals surface area contributed by atoms with Gasteiger partial charge in [0, 0.05) is 39.8 Å². The van der Waals surface area contributed by atoms with E-state index in [0.29, 0.717) is 6.54 Å². The fraction of sp³-hybridized carbons (Fsp3) is 0.297. The quantitative estimate of drug-likeness (QED) is 0.206. The first kappa shape index (κ1) is 28.3. The summed E-state index contributed by atoms with van der Waals surface area (Å²) in [5, 5.41) is 3.22. The van der Waals surface area contributed by atoms with Crippen LogP contribution >= 0.6 is 0 Å². The number of hydrogen-bond acceptors (Lipinski definition) is 4. The Morgan fingerprint density at radius 2 is 1.45 bits per heavy atom. The molecule has 1 aliphatic heterocycles. The van der Waals surface area contributed by atoms with E-state index in [1.807, 2.05) is 18.2 Å². The fourth-order valence-electron chi connectivity index (χ4n) is 7.20. The molecule has 0 radical (unpaired) electrons. The van der Waals surface area contributed by atoms with Crippen molar-refractivity contribution < 1.29 is 9.18 Å². The molecule has 0 bridgehead atoms.